The van der Waals surface area contributed by atoms with Gasteiger partial charge in [0.2, 0.25) is 0 Å². The number of carboxylic acid groups (broad SMARTS) is 1. The van der Waals surface area contributed by atoms with E-state index in [2.05, 4.69) is 0 Å². The SMILES string of the molecule is CC(C)OCC(O)C[N+](CCO)(CCO)CC(=O)O. The third-order valence-electron chi connectivity index (χ3n) is 2.84. The Morgan fingerprint density at radius 3 is 2.11 bits per heavy atom. The fourth-order valence-electron chi connectivity index (χ4n) is 2.03. The number of ether oxygens (including phenoxy) is 1. The summed E-state index contributed by atoms with van der Waals surface area (Å²) in [6.45, 7) is 3.60. The van der Waals surface area contributed by atoms with Gasteiger partial charge in [0.15, 0.2) is 6.54 Å². The largest absolute Gasteiger partial charge is 0.477 e. The Labute approximate surface area is 113 Å². The van der Waals surface area contributed by atoms with Gasteiger partial charge in [-0.25, -0.2) is 4.79 Å². The molecule has 0 fully saturated rings. The average molecular weight is 280 g/mol. The molecule has 0 aromatic carbocycles. The predicted molar refractivity (Wildman–Crippen MR) is 68.6 cm³/mol. The van der Waals surface area contributed by atoms with Gasteiger partial charge in [0.25, 0.3) is 0 Å². The number of hydrogen-bond donors (Lipinski definition) is 4. The number of quaternary nitrogens is 1. The molecule has 0 aromatic heterocycles. The molecule has 0 aliphatic rings. The summed E-state index contributed by atoms with van der Waals surface area (Å²) in [5.41, 5.74) is 0. The Morgan fingerprint density at radius 1 is 1.21 bits per heavy atom. The Balaban J connectivity index is 4.64. The molecule has 0 radical (unpaired) electrons. The van der Waals surface area contributed by atoms with Crippen LogP contribution >= 0.6 is 0 Å². The molecule has 4 N–H and O–H groups in total. The smallest absolute Gasteiger partial charge is 0.359 e. The number of carbonyl (C=O) groups is 1. The highest BCUT2D eigenvalue weighted by molar-refractivity contribution is 5.67. The van der Waals surface area contributed by atoms with Crippen molar-refractivity contribution in [3.05, 3.63) is 0 Å². The molecule has 0 aliphatic carbocycles. The summed E-state index contributed by atoms with van der Waals surface area (Å²) in [5.74, 6) is -1.03. The zero-order valence-corrected chi connectivity index (χ0v) is 11.7. The quantitative estimate of drug-likeness (QED) is 0.349. The zero-order valence-electron chi connectivity index (χ0n) is 11.7. The second kappa shape index (κ2) is 9.22. The van der Waals surface area contributed by atoms with Crippen molar-refractivity contribution >= 4 is 5.97 Å². The normalized spacial score (nSPS) is 13.8. The molecule has 114 valence electrons. The molecule has 7 heteroatoms. The van der Waals surface area contributed by atoms with E-state index >= 15 is 0 Å². The van der Waals surface area contributed by atoms with E-state index in [1.807, 2.05) is 13.8 Å². The second-order valence-electron chi connectivity index (χ2n) is 5.01. The zero-order chi connectivity index (χ0) is 14.9. The minimum atomic E-state index is -1.03. The van der Waals surface area contributed by atoms with Crippen LogP contribution in [0, 0.1) is 0 Å². The van der Waals surface area contributed by atoms with Crippen LogP contribution < -0.4 is 0 Å². The van der Waals surface area contributed by atoms with Crippen LogP contribution in [0.4, 0.5) is 0 Å². The van der Waals surface area contributed by atoms with Crippen LogP contribution in [-0.2, 0) is 9.53 Å². The van der Waals surface area contributed by atoms with Crippen molar-refractivity contribution in [1.29, 1.82) is 0 Å². The van der Waals surface area contributed by atoms with Crippen molar-refractivity contribution in [2.45, 2.75) is 26.1 Å². The summed E-state index contributed by atoms with van der Waals surface area (Å²) < 4.78 is 5.21. The van der Waals surface area contributed by atoms with Gasteiger partial charge >= 0.3 is 5.97 Å². The molecule has 0 heterocycles. The first-order valence-corrected chi connectivity index (χ1v) is 6.43. The van der Waals surface area contributed by atoms with Crippen molar-refractivity contribution in [2.24, 2.45) is 0 Å². The van der Waals surface area contributed by atoms with Crippen molar-refractivity contribution in [3.63, 3.8) is 0 Å². The standard InChI is InChI=1S/C12H25NO6/c1-10(2)19-9-11(16)7-13(3-5-14,4-6-15)8-12(17)18/h10-11,14-16H,3-9H2,1-2H3/p+1. The topological polar surface area (TPSA) is 107 Å². The minimum Gasteiger partial charge on any atom is -0.477 e. The van der Waals surface area contributed by atoms with Gasteiger partial charge < -0.3 is 29.6 Å². The molecule has 0 spiro atoms. The Morgan fingerprint density at radius 2 is 1.74 bits per heavy atom. The first-order chi connectivity index (χ1) is 8.85. The van der Waals surface area contributed by atoms with Gasteiger partial charge in [0.05, 0.1) is 25.9 Å². The minimum absolute atomic E-state index is 0.0216. The molecule has 0 aromatic rings. The molecule has 0 bridgehead atoms. The summed E-state index contributed by atoms with van der Waals surface area (Å²) in [4.78, 5) is 10.9. The van der Waals surface area contributed by atoms with Gasteiger partial charge in [-0.15, -0.1) is 0 Å². The lowest BCUT2D eigenvalue weighted by Crippen LogP contribution is -2.58. The van der Waals surface area contributed by atoms with E-state index < -0.39 is 12.1 Å². The van der Waals surface area contributed by atoms with Crippen LogP contribution in [0.3, 0.4) is 0 Å². The van der Waals surface area contributed by atoms with E-state index in [0.29, 0.717) is 0 Å². The Hall–Kier alpha value is -0.730. The van der Waals surface area contributed by atoms with E-state index in [4.69, 9.17) is 20.1 Å². The van der Waals surface area contributed by atoms with Crippen molar-refractivity contribution in [3.8, 4) is 0 Å². The lowest BCUT2D eigenvalue weighted by atomic mass is 10.2. The number of rotatable bonds is 11. The summed E-state index contributed by atoms with van der Waals surface area (Å²) >= 11 is 0. The lowest BCUT2D eigenvalue weighted by Gasteiger charge is -2.37. The summed E-state index contributed by atoms with van der Waals surface area (Å²) in [6, 6.07) is 0. The monoisotopic (exact) mass is 280 g/mol. The summed E-state index contributed by atoms with van der Waals surface area (Å²) in [7, 11) is 0. The highest BCUT2D eigenvalue weighted by Gasteiger charge is 2.32. The molecular weight excluding hydrogens is 254 g/mol. The highest BCUT2D eigenvalue weighted by atomic mass is 16.5. The fourth-order valence-corrected chi connectivity index (χ4v) is 2.03. The molecule has 0 saturated heterocycles. The first-order valence-electron chi connectivity index (χ1n) is 6.43. The van der Waals surface area contributed by atoms with Crippen LogP contribution in [0.25, 0.3) is 0 Å². The number of aliphatic hydroxyl groups is 3. The van der Waals surface area contributed by atoms with Crippen molar-refractivity contribution in [1.82, 2.24) is 0 Å². The van der Waals surface area contributed by atoms with Crippen molar-refractivity contribution < 1.29 is 34.4 Å². The van der Waals surface area contributed by atoms with Crippen LogP contribution in [-0.4, -0.2) is 89.1 Å². The number of hydrogen-bond acceptors (Lipinski definition) is 5. The maximum atomic E-state index is 10.9. The molecule has 0 amide bonds. The summed E-state index contributed by atoms with van der Waals surface area (Å²) in [6.07, 6.45) is -0.855. The van der Waals surface area contributed by atoms with Gasteiger partial charge in [-0.1, -0.05) is 0 Å². The first kappa shape index (κ1) is 18.3. The number of carboxylic acids is 1. The molecule has 0 aliphatic heterocycles. The van der Waals surface area contributed by atoms with Crippen molar-refractivity contribution in [2.75, 3.05) is 46.0 Å². The lowest BCUT2D eigenvalue weighted by molar-refractivity contribution is -0.924. The predicted octanol–water partition coefficient (Wildman–Crippen LogP) is -1.34. The molecule has 7 nitrogen and oxygen atoms in total. The molecular formula is C12H26NO6+. The van der Waals surface area contributed by atoms with Crippen LogP contribution in [0.1, 0.15) is 13.8 Å². The second-order valence-corrected chi connectivity index (χ2v) is 5.01. The van der Waals surface area contributed by atoms with Gasteiger partial charge in [-0.2, -0.15) is 0 Å². The summed E-state index contributed by atoms with van der Waals surface area (Å²) in [5, 5.41) is 37.0. The third-order valence-corrected chi connectivity index (χ3v) is 2.84. The Bertz CT molecular complexity index is 253. The molecule has 19 heavy (non-hydrogen) atoms. The fraction of sp³-hybridized carbons (Fsp3) is 0.917. The maximum absolute atomic E-state index is 10.9. The van der Waals surface area contributed by atoms with Crippen LogP contribution in [0.2, 0.25) is 0 Å². The van der Waals surface area contributed by atoms with E-state index in [1.54, 1.807) is 0 Å². The molecule has 0 rings (SSSR count). The van der Waals surface area contributed by atoms with Gasteiger partial charge in [0, 0.05) is 0 Å². The maximum Gasteiger partial charge on any atom is 0.359 e. The van der Waals surface area contributed by atoms with E-state index in [9.17, 15) is 9.90 Å². The highest BCUT2D eigenvalue weighted by Crippen LogP contribution is 2.09. The number of aliphatic hydroxyl groups excluding tert-OH is 3. The van der Waals surface area contributed by atoms with Gasteiger partial charge in [0.1, 0.15) is 25.7 Å². The average Bonchev–Trinajstić information content (AvgIpc) is 2.26. The van der Waals surface area contributed by atoms with E-state index in [0.717, 1.165) is 0 Å². The van der Waals surface area contributed by atoms with E-state index in [-0.39, 0.29) is 56.6 Å². The van der Waals surface area contributed by atoms with Crippen LogP contribution in [0.5, 0.6) is 0 Å². The van der Waals surface area contributed by atoms with Gasteiger partial charge in [-0.05, 0) is 13.8 Å². The van der Waals surface area contributed by atoms with Crippen LogP contribution in [0.15, 0.2) is 0 Å². The number of nitrogens with zero attached hydrogens (tertiary/aromatic N) is 1. The van der Waals surface area contributed by atoms with E-state index in [1.165, 1.54) is 0 Å². The molecule has 1 atom stereocenters. The van der Waals surface area contributed by atoms with Gasteiger partial charge in [-0.3, -0.25) is 0 Å². The number of aliphatic carboxylic acids is 1. The molecule has 0 saturated carbocycles. The third kappa shape index (κ3) is 8.12. The molecule has 1 unspecified atom stereocenters. The Kier molecular flexibility index (Phi) is 8.86.